The second kappa shape index (κ2) is 8.12. The molecule has 2 N–H and O–H groups in total. The van der Waals surface area contributed by atoms with Crippen LogP contribution in [0.15, 0.2) is 60.9 Å². The Balaban J connectivity index is 1.21. The van der Waals surface area contributed by atoms with Gasteiger partial charge in [0.1, 0.15) is 11.9 Å². The van der Waals surface area contributed by atoms with E-state index in [1.807, 2.05) is 36.5 Å². The number of aromatic hydroxyl groups is 1. The highest BCUT2D eigenvalue weighted by atomic mass is 19.1. The van der Waals surface area contributed by atoms with E-state index in [9.17, 15) is 9.50 Å². The molecule has 7 nitrogen and oxygen atoms in total. The first kappa shape index (κ1) is 20.1. The monoisotopic (exact) mass is 445 g/mol. The zero-order valence-corrected chi connectivity index (χ0v) is 17.9. The lowest BCUT2D eigenvalue weighted by atomic mass is 9.84. The molecule has 2 fully saturated rings. The van der Waals surface area contributed by atoms with Crippen LogP contribution in [-0.2, 0) is 0 Å². The molecule has 0 saturated carbocycles. The van der Waals surface area contributed by atoms with Crippen molar-refractivity contribution in [2.75, 3.05) is 0 Å². The van der Waals surface area contributed by atoms with Crippen molar-refractivity contribution in [3.63, 3.8) is 0 Å². The molecule has 0 spiro atoms. The van der Waals surface area contributed by atoms with Crippen molar-refractivity contribution in [3.05, 3.63) is 60.9 Å². The van der Waals surface area contributed by atoms with Crippen LogP contribution in [0.2, 0.25) is 0 Å². The number of nitrogens with zero attached hydrogens (tertiary/aromatic N) is 4. The molecule has 4 atom stereocenters. The second-order valence-corrected chi connectivity index (χ2v) is 8.81. The van der Waals surface area contributed by atoms with Crippen LogP contribution < -0.4 is 10.1 Å². The third-order valence-electron chi connectivity index (χ3n) is 6.70. The first-order chi connectivity index (χ1) is 16.2. The summed E-state index contributed by atoms with van der Waals surface area (Å²) < 4.78 is 22.4. The number of phenolic OH excluding ortho intramolecular Hbond substituents is 1. The van der Waals surface area contributed by atoms with Gasteiger partial charge < -0.3 is 15.2 Å². The van der Waals surface area contributed by atoms with E-state index in [-0.39, 0.29) is 11.8 Å². The van der Waals surface area contributed by atoms with Crippen LogP contribution in [0.5, 0.6) is 11.6 Å². The number of hydrogen-bond acceptors (Lipinski definition) is 6. The fraction of sp³-hybridized carbons (Fsp3) is 0.320. The number of rotatable bonds is 4. The number of benzene rings is 1. The molecule has 168 valence electrons. The maximum atomic E-state index is 14.8. The molecule has 5 heterocycles. The lowest BCUT2D eigenvalue weighted by Gasteiger charge is -2.42. The van der Waals surface area contributed by atoms with Crippen molar-refractivity contribution < 1.29 is 14.2 Å². The van der Waals surface area contributed by atoms with Crippen molar-refractivity contribution in [2.24, 2.45) is 0 Å². The molecule has 2 saturated heterocycles. The van der Waals surface area contributed by atoms with E-state index in [0.29, 0.717) is 29.6 Å². The van der Waals surface area contributed by atoms with Crippen molar-refractivity contribution >= 4 is 5.52 Å². The average molecular weight is 445 g/mol. The molecule has 4 aromatic rings. The van der Waals surface area contributed by atoms with Gasteiger partial charge in [0.2, 0.25) is 5.88 Å². The number of ether oxygens (including phenoxy) is 1. The lowest BCUT2D eigenvalue weighted by molar-refractivity contribution is 0.00652. The zero-order valence-electron chi connectivity index (χ0n) is 17.9. The van der Waals surface area contributed by atoms with Gasteiger partial charge in [0.05, 0.1) is 17.4 Å². The topological polar surface area (TPSA) is 84.6 Å². The number of halogens is 1. The Morgan fingerprint density at radius 1 is 1.06 bits per heavy atom. The quantitative estimate of drug-likeness (QED) is 0.491. The number of phenols is 1. The van der Waals surface area contributed by atoms with Crippen molar-refractivity contribution in [3.8, 4) is 34.0 Å². The minimum absolute atomic E-state index is 0.0979. The minimum Gasteiger partial charge on any atom is -0.507 e. The molecular weight excluding hydrogens is 421 g/mol. The van der Waals surface area contributed by atoms with Gasteiger partial charge in [0.25, 0.3) is 0 Å². The summed E-state index contributed by atoms with van der Waals surface area (Å²) in [6, 6.07) is 14.9. The zero-order chi connectivity index (χ0) is 22.4. The number of fused-ring (bicyclic) bond motifs is 3. The molecule has 0 radical (unpaired) electrons. The highest BCUT2D eigenvalue weighted by Gasteiger charge is 2.41. The van der Waals surface area contributed by atoms with Crippen LogP contribution in [-0.4, -0.2) is 49.3 Å². The van der Waals surface area contributed by atoms with Crippen LogP contribution in [0.1, 0.15) is 25.7 Å². The fourth-order valence-corrected chi connectivity index (χ4v) is 5.03. The first-order valence-corrected chi connectivity index (χ1v) is 11.3. The van der Waals surface area contributed by atoms with E-state index in [1.54, 1.807) is 28.9 Å². The highest BCUT2D eigenvalue weighted by Crippen LogP contribution is 2.35. The number of alkyl halides is 1. The number of nitrogens with one attached hydrogen (secondary N) is 1. The maximum absolute atomic E-state index is 14.8. The Labute approximate surface area is 190 Å². The number of piperidine rings is 2. The molecule has 2 bridgehead atoms. The molecule has 0 amide bonds. The normalized spacial score (nSPS) is 24.6. The van der Waals surface area contributed by atoms with Crippen molar-refractivity contribution in [1.82, 2.24) is 25.1 Å². The molecule has 2 unspecified atom stereocenters. The van der Waals surface area contributed by atoms with E-state index < -0.39 is 12.3 Å². The Bertz CT molecular complexity index is 1290. The summed E-state index contributed by atoms with van der Waals surface area (Å²) in [5.41, 5.74) is 3.83. The Kier molecular flexibility index (Phi) is 4.95. The smallest absolute Gasteiger partial charge is 0.233 e. The summed E-state index contributed by atoms with van der Waals surface area (Å²) in [7, 11) is 0. The van der Waals surface area contributed by atoms with Gasteiger partial charge in [-0.1, -0.05) is 18.6 Å². The summed E-state index contributed by atoms with van der Waals surface area (Å²) >= 11 is 0. The Hall–Kier alpha value is -3.52. The molecule has 2 aliphatic rings. The molecule has 2 aliphatic heterocycles. The van der Waals surface area contributed by atoms with Crippen LogP contribution in [0.4, 0.5) is 4.39 Å². The van der Waals surface area contributed by atoms with Gasteiger partial charge in [0.15, 0.2) is 6.17 Å². The summed E-state index contributed by atoms with van der Waals surface area (Å²) in [6.45, 7) is 0. The lowest BCUT2D eigenvalue weighted by Crippen LogP contribution is -2.59. The van der Waals surface area contributed by atoms with Crippen molar-refractivity contribution in [1.29, 1.82) is 0 Å². The third kappa shape index (κ3) is 3.70. The molecule has 0 aliphatic carbocycles. The van der Waals surface area contributed by atoms with Gasteiger partial charge in [-0.2, -0.15) is 5.10 Å². The van der Waals surface area contributed by atoms with Crippen LogP contribution in [0.3, 0.4) is 0 Å². The van der Waals surface area contributed by atoms with Crippen LogP contribution in [0, 0.1) is 0 Å². The summed E-state index contributed by atoms with van der Waals surface area (Å²) in [4.78, 5) is 0. The van der Waals surface area contributed by atoms with Crippen LogP contribution in [0.25, 0.3) is 27.9 Å². The number of hydrogen-bond donors (Lipinski definition) is 2. The summed E-state index contributed by atoms with van der Waals surface area (Å²) in [5.74, 6) is 0.398. The maximum Gasteiger partial charge on any atom is 0.233 e. The predicted molar refractivity (Wildman–Crippen MR) is 122 cm³/mol. The van der Waals surface area contributed by atoms with Crippen molar-refractivity contribution in [2.45, 2.75) is 50.0 Å². The van der Waals surface area contributed by atoms with Gasteiger partial charge in [-0.25, -0.2) is 8.91 Å². The Morgan fingerprint density at radius 3 is 2.85 bits per heavy atom. The molecule has 8 heteroatoms. The van der Waals surface area contributed by atoms with Crippen LogP contribution >= 0.6 is 0 Å². The largest absolute Gasteiger partial charge is 0.507 e. The Morgan fingerprint density at radius 2 is 2.00 bits per heavy atom. The molecular formula is C25H24FN5O2. The minimum atomic E-state index is -1.06. The number of aromatic nitrogens is 4. The summed E-state index contributed by atoms with van der Waals surface area (Å²) in [5, 5.41) is 26.8. The third-order valence-corrected chi connectivity index (χ3v) is 6.70. The van der Waals surface area contributed by atoms with E-state index in [4.69, 9.17) is 4.74 Å². The van der Waals surface area contributed by atoms with Gasteiger partial charge in [-0.15, -0.1) is 10.2 Å². The van der Waals surface area contributed by atoms with Gasteiger partial charge in [0, 0.05) is 41.9 Å². The van der Waals surface area contributed by atoms with E-state index >= 15 is 0 Å². The predicted octanol–water partition coefficient (Wildman–Crippen LogP) is 4.16. The molecule has 1 aromatic carbocycles. The molecule has 3 aromatic heterocycles. The average Bonchev–Trinajstić information content (AvgIpc) is 3.27. The van der Waals surface area contributed by atoms with E-state index in [1.165, 1.54) is 0 Å². The standard InChI is InChI=1S/C25H24FN5O2/c26-25-20-5-3-4-16(28-20)13-23(25)33-24-10-9-19(29-30-24)17-8-7-15(12-22(17)32)18-14-27-31-11-2-1-6-21(18)31/h1-2,6-12,14,16,20,23,25,28,32H,3-5,13H2/t16?,20?,23-,25+/m1/s1. The summed E-state index contributed by atoms with van der Waals surface area (Å²) in [6.07, 6.45) is 5.68. The first-order valence-electron chi connectivity index (χ1n) is 11.3. The number of pyridine rings is 1. The SMILES string of the molecule is Oc1cc(-c2cnn3ccccc23)ccc1-c1ccc(O[C@@H]2CC3CCCC(N3)[C@@H]2F)nn1. The van der Waals surface area contributed by atoms with E-state index in [2.05, 4.69) is 20.6 Å². The van der Waals surface area contributed by atoms with E-state index in [0.717, 1.165) is 35.9 Å². The molecule has 33 heavy (non-hydrogen) atoms. The van der Waals surface area contributed by atoms with Gasteiger partial charge in [-0.05, 0) is 48.7 Å². The second-order valence-electron chi connectivity index (χ2n) is 8.81. The van der Waals surface area contributed by atoms with Gasteiger partial charge in [-0.3, -0.25) is 0 Å². The van der Waals surface area contributed by atoms with Gasteiger partial charge >= 0.3 is 0 Å². The highest BCUT2D eigenvalue weighted by molar-refractivity contribution is 5.82. The fourth-order valence-electron chi connectivity index (χ4n) is 5.03. The molecule has 6 rings (SSSR count).